The Labute approximate surface area is 88.1 Å². The van der Waals surface area contributed by atoms with Crippen LogP contribution < -0.4 is 5.32 Å². The van der Waals surface area contributed by atoms with Gasteiger partial charge in [-0.2, -0.15) is 5.26 Å². The van der Waals surface area contributed by atoms with Gasteiger partial charge in [0.05, 0.1) is 12.1 Å². The van der Waals surface area contributed by atoms with Gasteiger partial charge in [0, 0.05) is 6.54 Å². The van der Waals surface area contributed by atoms with E-state index in [9.17, 15) is 0 Å². The van der Waals surface area contributed by atoms with Gasteiger partial charge in [-0.25, -0.2) is 0 Å². The minimum atomic E-state index is 0.00336. The summed E-state index contributed by atoms with van der Waals surface area (Å²) in [6, 6.07) is 2.24. The summed E-state index contributed by atoms with van der Waals surface area (Å²) in [5.41, 5.74) is 0. The van der Waals surface area contributed by atoms with Crippen LogP contribution in [0.2, 0.25) is 0 Å². The molecule has 0 aliphatic carbocycles. The van der Waals surface area contributed by atoms with Gasteiger partial charge in [0.2, 0.25) is 0 Å². The minimum absolute atomic E-state index is 0.00336. The second-order valence-corrected chi connectivity index (χ2v) is 3.77. The summed E-state index contributed by atoms with van der Waals surface area (Å²) in [6.45, 7) is 4.37. The molecule has 1 atom stereocenters. The lowest BCUT2D eigenvalue weighted by atomic mass is 10.2. The highest BCUT2D eigenvalue weighted by Gasteiger charge is 2.05. The van der Waals surface area contributed by atoms with Crippen LogP contribution in [0.5, 0.6) is 0 Å². The molecule has 0 aliphatic heterocycles. The Hall–Kier alpha value is -0.590. The van der Waals surface area contributed by atoms with E-state index in [1.54, 1.807) is 0 Å². The third kappa shape index (κ3) is 6.88. The molecular weight excluding hydrogens is 174 g/mol. The lowest BCUT2D eigenvalue weighted by Crippen LogP contribution is -2.30. The molecule has 0 fully saturated rings. The molecule has 0 heterocycles. The van der Waals surface area contributed by atoms with E-state index in [1.165, 1.54) is 19.3 Å². The summed E-state index contributed by atoms with van der Waals surface area (Å²) < 4.78 is 0. The van der Waals surface area contributed by atoms with Crippen molar-refractivity contribution < 1.29 is 0 Å². The molecule has 0 amide bonds. The molecule has 0 saturated heterocycles. The number of rotatable bonds is 8. The highest BCUT2D eigenvalue weighted by atomic mass is 15.1. The Morgan fingerprint density at radius 1 is 1.36 bits per heavy atom. The van der Waals surface area contributed by atoms with Crippen LogP contribution in [0.4, 0.5) is 0 Å². The first-order valence-corrected chi connectivity index (χ1v) is 5.50. The topological polar surface area (TPSA) is 39.1 Å². The standard InChI is InChI=1S/C11H23N3/c1-4-5-6-8-14(3)9-7-11(10-12)13-2/h11,13H,4-9H2,1-3H3. The normalized spacial score (nSPS) is 12.8. The zero-order valence-corrected chi connectivity index (χ0v) is 9.71. The number of nitrogens with zero attached hydrogens (tertiary/aromatic N) is 2. The van der Waals surface area contributed by atoms with E-state index in [0.29, 0.717) is 0 Å². The molecule has 3 nitrogen and oxygen atoms in total. The Kier molecular flexibility index (Phi) is 8.61. The van der Waals surface area contributed by atoms with Crippen molar-refractivity contribution >= 4 is 0 Å². The Morgan fingerprint density at radius 3 is 2.57 bits per heavy atom. The Morgan fingerprint density at radius 2 is 2.07 bits per heavy atom. The predicted octanol–water partition coefficient (Wildman–Crippen LogP) is 1.61. The van der Waals surface area contributed by atoms with Gasteiger partial charge in [-0.3, -0.25) is 0 Å². The average Bonchev–Trinajstić information content (AvgIpc) is 2.20. The van der Waals surface area contributed by atoms with Crippen LogP contribution in [0.1, 0.15) is 32.6 Å². The van der Waals surface area contributed by atoms with Gasteiger partial charge in [-0.15, -0.1) is 0 Å². The van der Waals surface area contributed by atoms with Crippen LogP contribution >= 0.6 is 0 Å². The fourth-order valence-corrected chi connectivity index (χ4v) is 1.37. The molecule has 1 unspecified atom stereocenters. The lowest BCUT2D eigenvalue weighted by Gasteiger charge is -2.17. The van der Waals surface area contributed by atoms with Crippen LogP contribution in [-0.4, -0.2) is 38.1 Å². The third-order valence-corrected chi connectivity index (χ3v) is 2.45. The second kappa shape index (κ2) is 8.98. The monoisotopic (exact) mass is 197 g/mol. The fourth-order valence-electron chi connectivity index (χ4n) is 1.37. The fraction of sp³-hybridized carbons (Fsp3) is 0.909. The van der Waals surface area contributed by atoms with Crippen molar-refractivity contribution in [3.63, 3.8) is 0 Å². The molecule has 3 heteroatoms. The summed E-state index contributed by atoms with van der Waals surface area (Å²) in [5, 5.41) is 11.7. The zero-order valence-electron chi connectivity index (χ0n) is 9.71. The molecule has 0 rings (SSSR count). The maximum atomic E-state index is 8.72. The van der Waals surface area contributed by atoms with Crippen LogP contribution in [0.25, 0.3) is 0 Å². The molecule has 1 N–H and O–H groups in total. The number of nitrogens with one attached hydrogen (secondary N) is 1. The Bertz CT molecular complexity index is 162. The predicted molar refractivity (Wildman–Crippen MR) is 60.1 cm³/mol. The Balaban J connectivity index is 3.43. The van der Waals surface area contributed by atoms with Gasteiger partial charge in [0.1, 0.15) is 0 Å². The van der Waals surface area contributed by atoms with E-state index >= 15 is 0 Å². The van der Waals surface area contributed by atoms with Crippen LogP contribution in [0.3, 0.4) is 0 Å². The number of hydrogen-bond donors (Lipinski definition) is 1. The molecule has 0 aromatic rings. The maximum absolute atomic E-state index is 8.72. The number of nitriles is 1. The highest BCUT2D eigenvalue weighted by molar-refractivity contribution is 4.88. The first-order chi connectivity index (χ1) is 6.74. The van der Waals surface area contributed by atoms with Crippen molar-refractivity contribution in [2.45, 2.75) is 38.6 Å². The molecule has 82 valence electrons. The third-order valence-electron chi connectivity index (χ3n) is 2.45. The smallest absolute Gasteiger partial charge is 0.0962 e. The van der Waals surface area contributed by atoms with Crippen molar-refractivity contribution in [2.24, 2.45) is 0 Å². The quantitative estimate of drug-likeness (QED) is 0.601. The van der Waals surface area contributed by atoms with Gasteiger partial charge in [-0.1, -0.05) is 19.8 Å². The van der Waals surface area contributed by atoms with E-state index < -0.39 is 0 Å². The van der Waals surface area contributed by atoms with Crippen LogP contribution in [-0.2, 0) is 0 Å². The first-order valence-electron chi connectivity index (χ1n) is 5.50. The van der Waals surface area contributed by atoms with Gasteiger partial charge >= 0.3 is 0 Å². The largest absolute Gasteiger partial charge is 0.306 e. The van der Waals surface area contributed by atoms with Crippen molar-refractivity contribution in [1.29, 1.82) is 5.26 Å². The summed E-state index contributed by atoms with van der Waals surface area (Å²) in [6.07, 6.45) is 4.75. The molecule has 0 saturated carbocycles. The SMILES string of the molecule is CCCCCN(C)CCC(C#N)NC. The summed E-state index contributed by atoms with van der Waals surface area (Å²) >= 11 is 0. The summed E-state index contributed by atoms with van der Waals surface area (Å²) in [4.78, 5) is 2.30. The molecular formula is C11H23N3. The molecule has 0 aromatic heterocycles. The number of hydrogen-bond acceptors (Lipinski definition) is 3. The van der Waals surface area contributed by atoms with E-state index in [0.717, 1.165) is 19.5 Å². The van der Waals surface area contributed by atoms with Crippen molar-refractivity contribution in [3.8, 4) is 6.07 Å². The van der Waals surface area contributed by atoms with Crippen LogP contribution in [0.15, 0.2) is 0 Å². The average molecular weight is 197 g/mol. The van der Waals surface area contributed by atoms with E-state index in [2.05, 4.69) is 30.3 Å². The molecule has 0 bridgehead atoms. The first kappa shape index (κ1) is 13.4. The minimum Gasteiger partial charge on any atom is -0.306 e. The highest BCUT2D eigenvalue weighted by Crippen LogP contribution is 1.98. The maximum Gasteiger partial charge on any atom is 0.0962 e. The van der Waals surface area contributed by atoms with Gasteiger partial charge in [-0.05, 0) is 33.5 Å². The van der Waals surface area contributed by atoms with Gasteiger partial charge < -0.3 is 10.2 Å². The molecule has 14 heavy (non-hydrogen) atoms. The summed E-state index contributed by atoms with van der Waals surface area (Å²) in [7, 11) is 3.96. The van der Waals surface area contributed by atoms with Gasteiger partial charge in [0.25, 0.3) is 0 Å². The second-order valence-electron chi connectivity index (χ2n) is 3.77. The van der Waals surface area contributed by atoms with Gasteiger partial charge in [0.15, 0.2) is 0 Å². The molecule has 0 spiro atoms. The lowest BCUT2D eigenvalue weighted by molar-refractivity contribution is 0.312. The molecule has 0 aliphatic rings. The van der Waals surface area contributed by atoms with Crippen LogP contribution in [0, 0.1) is 11.3 Å². The molecule has 0 radical (unpaired) electrons. The zero-order chi connectivity index (χ0) is 10.8. The van der Waals surface area contributed by atoms with E-state index in [1.807, 2.05) is 7.05 Å². The van der Waals surface area contributed by atoms with E-state index in [4.69, 9.17) is 5.26 Å². The van der Waals surface area contributed by atoms with Crippen molar-refractivity contribution in [2.75, 3.05) is 27.2 Å². The summed E-state index contributed by atoms with van der Waals surface area (Å²) in [5.74, 6) is 0. The number of unbranched alkanes of at least 4 members (excludes halogenated alkanes) is 2. The van der Waals surface area contributed by atoms with E-state index in [-0.39, 0.29) is 6.04 Å². The van der Waals surface area contributed by atoms with Crippen molar-refractivity contribution in [3.05, 3.63) is 0 Å². The molecule has 0 aromatic carbocycles. The van der Waals surface area contributed by atoms with Crippen molar-refractivity contribution in [1.82, 2.24) is 10.2 Å².